The summed E-state index contributed by atoms with van der Waals surface area (Å²) in [7, 11) is 1.59. The maximum atomic E-state index is 13.9. The highest BCUT2D eigenvalue weighted by atomic mass is 79.9. The Bertz CT molecular complexity index is 754. The number of methoxy groups -OCH3 is 1. The summed E-state index contributed by atoms with van der Waals surface area (Å²) >= 11 is 3.34. The molecule has 0 aliphatic rings. The quantitative estimate of drug-likeness (QED) is 0.715. The molecule has 3 nitrogen and oxygen atoms in total. The van der Waals surface area contributed by atoms with Gasteiger partial charge in [-0.1, -0.05) is 15.9 Å². The SMILES string of the molecule is COc1cccn2cc(-c3cc(Br)ccc3F)nc12. The van der Waals surface area contributed by atoms with Gasteiger partial charge in [0, 0.05) is 22.4 Å². The number of benzene rings is 1. The van der Waals surface area contributed by atoms with Crippen LogP contribution < -0.4 is 4.74 Å². The summed E-state index contributed by atoms with van der Waals surface area (Å²) in [5.41, 5.74) is 1.70. The van der Waals surface area contributed by atoms with Crippen molar-refractivity contribution in [2.45, 2.75) is 0 Å². The normalized spacial score (nSPS) is 10.9. The van der Waals surface area contributed by atoms with E-state index in [-0.39, 0.29) is 5.82 Å². The van der Waals surface area contributed by atoms with Gasteiger partial charge < -0.3 is 9.14 Å². The molecule has 2 heterocycles. The molecule has 0 aliphatic carbocycles. The lowest BCUT2D eigenvalue weighted by Crippen LogP contribution is -1.88. The molecule has 0 aliphatic heterocycles. The molecule has 1 aromatic carbocycles. The van der Waals surface area contributed by atoms with Crippen LogP contribution in [0.3, 0.4) is 0 Å². The second kappa shape index (κ2) is 4.66. The second-order valence-corrected chi connectivity index (χ2v) is 4.97. The predicted octanol–water partition coefficient (Wildman–Crippen LogP) is 3.91. The van der Waals surface area contributed by atoms with Gasteiger partial charge in [-0.15, -0.1) is 0 Å². The first-order valence-electron chi connectivity index (χ1n) is 5.66. The highest BCUT2D eigenvalue weighted by molar-refractivity contribution is 9.10. The van der Waals surface area contributed by atoms with Gasteiger partial charge in [-0.05, 0) is 30.3 Å². The lowest BCUT2D eigenvalue weighted by Gasteiger charge is -2.00. The Hall–Kier alpha value is -1.88. The Morgan fingerprint density at radius 1 is 1.32 bits per heavy atom. The largest absolute Gasteiger partial charge is 0.493 e. The van der Waals surface area contributed by atoms with Crippen molar-refractivity contribution in [3.8, 4) is 17.0 Å². The van der Waals surface area contributed by atoms with Crippen molar-refractivity contribution in [2.75, 3.05) is 7.11 Å². The molecule has 0 radical (unpaired) electrons. The van der Waals surface area contributed by atoms with E-state index < -0.39 is 0 Å². The molecule has 0 spiro atoms. The monoisotopic (exact) mass is 320 g/mol. The molecule has 96 valence electrons. The standard InChI is InChI=1S/C14H10BrFN2O/c1-19-13-3-2-6-18-8-12(17-14(13)18)10-7-9(15)4-5-11(10)16/h2-8H,1H3. The van der Waals surface area contributed by atoms with Gasteiger partial charge >= 0.3 is 0 Å². The molecular formula is C14H10BrFN2O. The van der Waals surface area contributed by atoms with Crippen LogP contribution in [0, 0.1) is 5.82 Å². The van der Waals surface area contributed by atoms with Gasteiger partial charge in [0.25, 0.3) is 0 Å². The average Bonchev–Trinajstić information content (AvgIpc) is 2.85. The average molecular weight is 321 g/mol. The molecule has 2 aromatic heterocycles. The minimum absolute atomic E-state index is 0.300. The van der Waals surface area contributed by atoms with Crippen LogP contribution in [0.2, 0.25) is 0 Å². The van der Waals surface area contributed by atoms with Crippen molar-refractivity contribution in [3.63, 3.8) is 0 Å². The number of rotatable bonds is 2. The van der Waals surface area contributed by atoms with Gasteiger partial charge in [-0.2, -0.15) is 0 Å². The van der Waals surface area contributed by atoms with Gasteiger partial charge in [0.2, 0.25) is 0 Å². The first-order chi connectivity index (χ1) is 9.19. The molecule has 0 bridgehead atoms. The smallest absolute Gasteiger partial charge is 0.180 e. The molecule has 0 fully saturated rings. The number of nitrogens with zero attached hydrogens (tertiary/aromatic N) is 2. The van der Waals surface area contributed by atoms with Crippen LogP contribution in [0.15, 0.2) is 47.2 Å². The van der Waals surface area contributed by atoms with Crippen LogP contribution in [-0.2, 0) is 0 Å². The van der Waals surface area contributed by atoms with E-state index in [1.54, 1.807) is 25.4 Å². The van der Waals surface area contributed by atoms with E-state index in [0.717, 1.165) is 4.47 Å². The Morgan fingerprint density at radius 2 is 2.16 bits per heavy atom. The Kier molecular flexibility index (Phi) is 2.98. The molecule has 0 saturated heterocycles. The zero-order chi connectivity index (χ0) is 13.4. The van der Waals surface area contributed by atoms with E-state index in [1.165, 1.54) is 6.07 Å². The van der Waals surface area contributed by atoms with E-state index >= 15 is 0 Å². The minimum Gasteiger partial charge on any atom is -0.493 e. The maximum Gasteiger partial charge on any atom is 0.180 e. The van der Waals surface area contributed by atoms with Crippen molar-refractivity contribution in [1.29, 1.82) is 0 Å². The second-order valence-electron chi connectivity index (χ2n) is 4.06. The molecule has 0 unspecified atom stereocenters. The fourth-order valence-electron chi connectivity index (χ4n) is 1.97. The summed E-state index contributed by atoms with van der Waals surface area (Å²) in [6.45, 7) is 0. The number of aromatic nitrogens is 2. The number of fused-ring (bicyclic) bond motifs is 1. The predicted molar refractivity (Wildman–Crippen MR) is 74.8 cm³/mol. The number of hydrogen-bond donors (Lipinski definition) is 0. The Labute approximate surface area is 117 Å². The van der Waals surface area contributed by atoms with Crippen molar-refractivity contribution < 1.29 is 9.13 Å². The molecule has 0 atom stereocenters. The summed E-state index contributed by atoms with van der Waals surface area (Å²) in [5, 5.41) is 0. The van der Waals surface area contributed by atoms with Crippen LogP contribution in [0.5, 0.6) is 5.75 Å². The first kappa shape index (κ1) is 12.2. The number of pyridine rings is 1. The number of hydrogen-bond acceptors (Lipinski definition) is 2. The molecule has 0 amide bonds. The Morgan fingerprint density at radius 3 is 2.95 bits per heavy atom. The van der Waals surface area contributed by atoms with Gasteiger partial charge in [0.1, 0.15) is 5.82 Å². The molecule has 3 rings (SSSR count). The van der Waals surface area contributed by atoms with Crippen LogP contribution in [0.1, 0.15) is 0 Å². The van der Waals surface area contributed by atoms with Crippen molar-refractivity contribution >= 4 is 21.6 Å². The summed E-state index contributed by atoms with van der Waals surface area (Å²) in [6, 6.07) is 8.47. The topological polar surface area (TPSA) is 26.5 Å². The third-order valence-electron chi connectivity index (χ3n) is 2.87. The lowest BCUT2D eigenvalue weighted by molar-refractivity contribution is 0.417. The fourth-order valence-corrected chi connectivity index (χ4v) is 2.33. The van der Waals surface area contributed by atoms with Gasteiger partial charge in [0.05, 0.1) is 12.8 Å². The zero-order valence-corrected chi connectivity index (χ0v) is 11.7. The van der Waals surface area contributed by atoms with E-state index in [1.807, 2.05) is 22.7 Å². The summed E-state index contributed by atoms with van der Waals surface area (Å²) < 4.78 is 21.7. The van der Waals surface area contributed by atoms with E-state index in [9.17, 15) is 4.39 Å². The molecule has 5 heteroatoms. The number of ether oxygens (including phenoxy) is 1. The fraction of sp³-hybridized carbons (Fsp3) is 0.0714. The molecule has 0 saturated carbocycles. The minimum atomic E-state index is -0.300. The lowest BCUT2D eigenvalue weighted by atomic mass is 10.1. The highest BCUT2D eigenvalue weighted by Crippen LogP contribution is 2.28. The number of halogens is 2. The van der Waals surface area contributed by atoms with Crippen molar-refractivity contribution in [3.05, 3.63) is 53.0 Å². The van der Waals surface area contributed by atoms with Crippen LogP contribution >= 0.6 is 15.9 Å². The van der Waals surface area contributed by atoms with E-state index in [4.69, 9.17) is 4.74 Å². The molecule has 19 heavy (non-hydrogen) atoms. The van der Waals surface area contributed by atoms with Crippen LogP contribution in [0.4, 0.5) is 4.39 Å². The molecule has 0 N–H and O–H groups in total. The third-order valence-corrected chi connectivity index (χ3v) is 3.36. The van der Waals surface area contributed by atoms with Crippen molar-refractivity contribution in [1.82, 2.24) is 9.38 Å². The van der Waals surface area contributed by atoms with Crippen molar-refractivity contribution in [2.24, 2.45) is 0 Å². The maximum absolute atomic E-state index is 13.9. The Balaban J connectivity index is 2.23. The zero-order valence-electron chi connectivity index (χ0n) is 10.1. The summed E-state index contributed by atoms with van der Waals surface area (Å²) in [6.07, 6.45) is 3.63. The van der Waals surface area contributed by atoms with Crippen LogP contribution in [-0.4, -0.2) is 16.5 Å². The van der Waals surface area contributed by atoms with E-state index in [0.29, 0.717) is 22.7 Å². The summed E-state index contributed by atoms with van der Waals surface area (Å²) in [4.78, 5) is 4.43. The molecule has 3 aromatic rings. The molecular weight excluding hydrogens is 311 g/mol. The first-order valence-corrected chi connectivity index (χ1v) is 6.45. The third kappa shape index (κ3) is 2.10. The van der Waals surface area contributed by atoms with Gasteiger partial charge in [-0.25, -0.2) is 9.37 Å². The van der Waals surface area contributed by atoms with Gasteiger partial charge in [-0.3, -0.25) is 0 Å². The highest BCUT2D eigenvalue weighted by Gasteiger charge is 2.12. The van der Waals surface area contributed by atoms with Crippen LogP contribution in [0.25, 0.3) is 16.9 Å². The van der Waals surface area contributed by atoms with Gasteiger partial charge in [0.15, 0.2) is 11.4 Å². The van der Waals surface area contributed by atoms with E-state index in [2.05, 4.69) is 20.9 Å². The number of imidazole rings is 1. The summed E-state index contributed by atoms with van der Waals surface area (Å²) in [5.74, 6) is 0.356.